The van der Waals surface area contributed by atoms with Gasteiger partial charge in [0.05, 0.1) is 18.8 Å². The summed E-state index contributed by atoms with van der Waals surface area (Å²) >= 11 is 0. The van der Waals surface area contributed by atoms with E-state index in [1.807, 2.05) is 0 Å². The van der Waals surface area contributed by atoms with Gasteiger partial charge in [-0.3, -0.25) is 4.90 Å². The van der Waals surface area contributed by atoms with Gasteiger partial charge in [-0.1, -0.05) is 0 Å². The van der Waals surface area contributed by atoms with Gasteiger partial charge in [0.25, 0.3) is 0 Å². The second-order valence-corrected chi connectivity index (χ2v) is 4.35. The van der Waals surface area contributed by atoms with E-state index < -0.39 is 17.7 Å². The Kier molecular flexibility index (Phi) is 2.97. The molecule has 1 aliphatic heterocycles. The molecule has 0 aromatic rings. The first-order chi connectivity index (χ1) is 6.78. The molecule has 6 nitrogen and oxygen atoms in total. The van der Waals surface area contributed by atoms with Crippen molar-refractivity contribution in [3.05, 3.63) is 0 Å². The third kappa shape index (κ3) is 3.57. The minimum Gasteiger partial charge on any atom is -0.444 e. The van der Waals surface area contributed by atoms with Crippen LogP contribution >= 0.6 is 0 Å². The van der Waals surface area contributed by atoms with Crippen LogP contribution in [0.4, 0.5) is 9.59 Å². The Morgan fingerprint density at radius 1 is 1.40 bits per heavy atom. The molecule has 6 heteroatoms. The number of urea groups is 1. The number of nitrogens with two attached hydrogens (primary N) is 1. The van der Waals surface area contributed by atoms with Crippen molar-refractivity contribution in [1.82, 2.24) is 4.90 Å². The predicted octanol–water partition coefficient (Wildman–Crippen LogP) is 0.757. The van der Waals surface area contributed by atoms with Crippen molar-refractivity contribution in [1.29, 1.82) is 0 Å². The topological polar surface area (TPSA) is 85.0 Å². The van der Waals surface area contributed by atoms with E-state index in [1.165, 1.54) is 4.90 Å². The molecule has 0 spiro atoms. The molecule has 0 atom stereocenters. The van der Waals surface area contributed by atoms with Crippen molar-refractivity contribution in [3.63, 3.8) is 0 Å². The molecule has 1 aliphatic rings. The van der Waals surface area contributed by atoms with Gasteiger partial charge in [0.2, 0.25) is 0 Å². The molecule has 0 bridgehead atoms. The molecule has 84 valence electrons. The average Bonchev–Trinajstić information content (AvgIpc) is 1.91. The summed E-state index contributed by atoms with van der Waals surface area (Å²) in [7, 11) is 0. The molecule has 1 saturated heterocycles. The number of likely N-dealkylation sites (tertiary alicyclic amines) is 1. The van der Waals surface area contributed by atoms with E-state index in [0.29, 0.717) is 18.8 Å². The van der Waals surface area contributed by atoms with Crippen LogP contribution in [0.3, 0.4) is 0 Å². The van der Waals surface area contributed by atoms with Crippen molar-refractivity contribution in [2.75, 3.05) is 13.1 Å². The summed E-state index contributed by atoms with van der Waals surface area (Å²) in [5, 5.41) is 0. The lowest BCUT2D eigenvalue weighted by Crippen LogP contribution is -2.52. The standard InChI is InChI=1S/C9H15N3O3/c1-9(2,3)15-8(14)12-4-6(5-12)11-7(10)13/h4-5H2,1-3H3,(H2,10,13). The molecule has 0 aromatic heterocycles. The molecule has 1 fully saturated rings. The highest BCUT2D eigenvalue weighted by molar-refractivity contribution is 6.03. The lowest BCUT2D eigenvalue weighted by Gasteiger charge is -2.33. The summed E-state index contributed by atoms with van der Waals surface area (Å²) < 4.78 is 5.11. The van der Waals surface area contributed by atoms with E-state index in [9.17, 15) is 9.59 Å². The van der Waals surface area contributed by atoms with Crippen molar-refractivity contribution < 1.29 is 14.3 Å². The van der Waals surface area contributed by atoms with Crippen LogP contribution in [0.5, 0.6) is 0 Å². The SMILES string of the molecule is CC(C)(C)OC(=O)N1CC(=NC(N)=O)C1. The van der Waals surface area contributed by atoms with Gasteiger partial charge in [-0.25, -0.2) is 9.59 Å². The van der Waals surface area contributed by atoms with E-state index in [0.717, 1.165) is 0 Å². The summed E-state index contributed by atoms with van der Waals surface area (Å²) in [4.78, 5) is 26.8. The van der Waals surface area contributed by atoms with Gasteiger partial charge < -0.3 is 10.5 Å². The monoisotopic (exact) mass is 213 g/mol. The van der Waals surface area contributed by atoms with Gasteiger partial charge in [-0.15, -0.1) is 0 Å². The van der Waals surface area contributed by atoms with Crippen LogP contribution in [0, 0.1) is 0 Å². The third-order valence-corrected chi connectivity index (χ3v) is 1.67. The summed E-state index contributed by atoms with van der Waals surface area (Å²) in [5.41, 5.74) is 4.96. The highest BCUT2D eigenvalue weighted by Gasteiger charge is 2.30. The maximum absolute atomic E-state index is 11.4. The van der Waals surface area contributed by atoms with Gasteiger partial charge in [-0.05, 0) is 20.8 Å². The van der Waals surface area contributed by atoms with E-state index in [-0.39, 0.29) is 0 Å². The van der Waals surface area contributed by atoms with Crippen LogP contribution in [-0.4, -0.2) is 41.4 Å². The molecule has 0 aromatic carbocycles. The largest absolute Gasteiger partial charge is 0.444 e. The van der Waals surface area contributed by atoms with E-state index in [4.69, 9.17) is 10.5 Å². The van der Waals surface area contributed by atoms with Crippen molar-refractivity contribution in [3.8, 4) is 0 Å². The molecular weight excluding hydrogens is 198 g/mol. The normalized spacial score (nSPS) is 15.7. The van der Waals surface area contributed by atoms with Crippen molar-refractivity contribution in [2.45, 2.75) is 26.4 Å². The fourth-order valence-electron chi connectivity index (χ4n) is 1.08. The quantitative estimate of drug-likeness (QED) is 0.644. The molecule has 3 amide bonds. The Balaban J connectivity index is 2.39. The Bertz CT molecular complexity index is 309. The highest BCUT2D eigenvalue weighted by Crippen LogP contribution is 2.13. The molecular formula is C9H15N3O3. The molecule has 15 heavy (non-hydrogen) atoms. The second kappa shape index (κ2) is 3.88. The number of hydrogen-bond donors (Lipinski definition) is 1. The van der Waals surface area contributed by atoms with E-state index in [1.54, 1.807) is 20.8 Å². The van der Waals surface area contributed by atoms with Gasteiger partial charge in [0.1, 0.15) is 5.60 Å². The fourth-order valence-corrected chi connectivity index (χ4v) is 1.08. The molecule has 0 saturated carbocycles. The number of primary amides is 1. The summed E-state index contributed by atoms with van der Waals surface area (Å²) in [6.07, 6.45) is -0.397. The van der Waals surface area contributed by atoms with Crippen LogP contribution in [0.1, 0.15) is 20.8 Å². The predicted molar refractivity (Wildman–Crippen MR) is 54.8 cm³/mol. The lowest BCUT2D eigenvalue weighted by atomic mass is 10.2. The van der Waals surface area contributed by atoms with Crippen LogP contribution in [0.15, 0.2) is 4.99 Å². The van der Waals surface area contributed by atoms with Gasteiger partial charge in [-0.2, -0.15) is 4.99 Å². The third-order valence-electron chi connectivity index (χ3n) is 1.67. The Labute approximate surface area is 88.1 Å². The molecule has 2 N–H and O–H groups in total. The zero-order chi connectivity index (χ0) is 11.6. The number of carbonyl (C=O) groups excluding carboxylic acids is 2. The van der Waals surface area contributed by atoms with Gasteiger partial charge in [0.15, 0.2) is 0 Å². The molecule has 0 radical (unpaired) electrons. The van der Waals surface area contributed by atoms with Gasteiger partial charge in [0, 0.05) is 0 Å². The fraction of sp³-hybridized carbons (Fsp3) is 0.667. The maximum atomic E-state index is 11.4. The molecule has 0 unspecified atom stereocenters. The zero-order valence-corrected chi connectivity index (χ0v) is 9.11. The smallest absolute Gasteiger partial charge is 0.410 e. The van der Waals surface area contributed by atoms with Gasteiger partial charge >= 0.3 is 12.1 Å². The van der Waals surface area contributed by atoms with Crippen molar-refractivity contribution >= 4 is 17.8 Å². The highest BCUT2D eigenvalue weighted by atomic mass is 16.6. The average molecular weight is 213 g/mol. The molecule has 1 heterocycles. The lowest BCUT2D eigenvalue weighted by molar-refractivity contribution is 0.0265. The van der Waals surface area contributed by atoms with E-state index in [2.05, 4.69) is 4.99 Å². The summed E-state index contributed by atoms with van der Waals surface area (Å²) in [6, 6.07) is -0.728. The first-order valence-corrected chi connectivity index (χ1v) is 4.62. The number of carbonyl (C=O) groups is 2. The summed E-state index contributed by atoms with van der Waals surface area (Å²) in [6.45, 7) is 6.02. The number of rotatable bonds is 0. The number of amides is 3. The number of ether oxygens (including phenoxy) is 1. The number of hydrogen-bond acceptors (Lipinski definition) is 3. The van der Waals surface area contributed by atoms with Crippen LogP contribution < -0.4 is 5.73 Å². The molecule has 0 aliphatic carbocycles. The number of aliphatic imine (C=N–C) groups is 1. The minimum atomic E-state index is -0.728. The first-order valence-electron chi connectivity index (χ1n) is 4.62. The maximum Gasteiger partial charge on any atom is 0.410 e. The van der Waals surface area contributed by atoms with Crippen LogP contribution in [-0.2, 0) is 4.74 Å². The Hall–Kier alpha value is -1.59. The van der Waals surface area contributed by atoms with E-state index >= 15 is 0 Å². The van der Waals surface area contributed by atoms with Crippen molar-refractivity contribution in [2.24, 2.45) is 10.7 Å². The molecule has 1 rings (SSSR count). The zero-order valence-electron chi connectivity index (χ0n) is 9.11. The Morgan fingerprint density at radius 2 is 1.93 bits per heavy atom. The minimum absolute atomic E-state index is 0.317. The second-order valence-electron chi connectivity index (χ2n) is 4.35. The van der Waals surface area contributed by atoms with Crippen LogP contribution in [0.2, 0.25) is 0 Å². The summed E-state index contributed by atoms with van der Waals surface area (Å²) in [5.74, 6) is 0. The van der Waals surface area contributed by atoms with Crippen LogP contribution in [0.25, 0.3) is 0 Å². The Morgan fingerprint density at radius 3 is 2.33 bits per heavy atom. The number of nitrogens with zero attached hydrogens (tertiary/aromatic N) is 2. The first kappa shape index (κ1) is 11.5.